The number of carbonyl (C=O) groups is 1. The molecule has 0 aliphatic carbocycles. The second-order valence-electron chi connectivity index (χ2n) is 6.40. The molecule has 4 rings (SSSR count). The molecular formula is C16H18N2O3S. The first kappa shape index (κ1) is 13.9. The Labute approximate surface area is 129 Å². The quantitative estimate of drug-likeness (QED) is 0.797. The average molecular weight is 318 g/mol. The number of hydrogen-bond donors (Lipinski definition) is 0. The zero-order valence-electron chi connectivity index (χ0n) is 12.2. The molecule has 0 saturated carbocycles. The average Bonchev–Trinajstić information content (AvgIpc) is 2.92. The van der Waals surface area contributed by atoms with Crippen molar-refractivity contribution in [2.75, 3.05) is 0 Å². The Hall–Kier alpha value is -1.69. The lowest BCUT2D eigenvalue weighted by Crippen LogP contribution is -2.45. The highest BCUT2D eigenvalue weighted by Crippen LogP contribution is 2.40. The van der Waals surface area contributed by atoms with Crippen LogP contribution in [0.15, 0.2) is 30.7 Å². The molecule has 2 aromatic rings. The van der Waals surface area contributed by atoms with Crippen LogP contribution in [0.3, 0.4) is 0 Å². The fourth-order valence-corrected chi connectivity index (χ4v) is 6.46. The van der Waals surface area contributed by atoms with Gasteiger partial charge in [0, 0.05) is 30.1 Å². The largest absolute Gasteiger partial charge is 0.307 e. The summed E-state index contributed by atoms with van der Waals surface area (Å²) < 4.78 is 26.5. The summed E-state index contributed by atoms with van der Waals surface area (Å²) in [4.78, 5) is 17.0. The Morgan fingerprint density at radius 3 is 2.64 bits per heavy atom. The lowest BCUT2D eigenvalue weighted by molar-refractivity contribution is 0.0894. The number of rotatable bonds is 2. The van der Waals surface area contributed by atoms with Crippen molar-refractivity contribution in [3.05, 3.63) is 36.3 Å². The van der Waals surface area contributed by atoms with Gasteiger partial charge in [-0.15, -0.1) is 0 Å². The molecule has 2 fully saturated rings. The Morgan fingerprint density at radius 1 is 1.18 bits per heavy atom. The lowest BCUT2D eigenvalue weighted by atomic mass is 9.84. The SMILES string of the molecule is O=C(c1ccn2ccnc2c1)C1CC2CCCC(C1)S2(=O)=O. The molecule has 2 aliphatic rings. The molecule has 4 heterocycles. The van der Waals surface area contributed by atoms with Crippen molar-refractivity contribution in [2.45, 2.75) is 42.6 Å². The Kier molecular flexibility index (Phi) is 3.11. The first-order valence-corrected chi connectivity index (χ1v) is 9.36. The second-order valence-corrected chi connectivity index (χ2v) is 8.92. The summed E-state index contributed by atoms with van der Waals surface area (Å²) in [7, 11) is -3.01. The van der Waals surface area contributed by atoms with Crippen LogP contribution < -0.4 is 0 Å². The first-order valence-electron chi connectivity index (χ1n) is 7.75. The number of hydrogen-bond acceptors (Lipinski definition) is 4. The van der Waals surface area contributed by atoms with E-state index in [-0.39, 0.29) is 22.2 Å². The second kappa shape index (κ2) is 4.91. The van der Waals surface area contributed by atoms with E-state index in [2.05, 4.69) is 4.98 Å². The zero-order valence-corrected chi connectivity index (χ0v) is 13.0. The number of nitrogens with zero attached hydrogens (tertiary/aromatic N) is 2. The third-order valence-electron chi connectivity index (χ3n) is 5.13. The maximum absolute atomic E-state index is 12.8. The highest BCUT2D eigenvalue weighted by atomic mass is 32.2. The van der Waals surface area contributed by atoms with Gasteiger partial charge in [-0.1, -0.05) is 6.42 Å². The van der Waals surface area contributed by atoms with E-state index in [1.54, 1.807) is 18.3 Å². The molecule has 116 valence electrons. The van der Waals surface area contributed by atoms with Gasteiger partial charge in [-0.05, 0) is 37.8 Å². The Morgan fingerprint density at radius 2 is 1.91 bits per heavy atom. The number of carbonyl (C=O) groups excluding carboxylic acids is 1. The molecule has 2 aliphatic heterocycles. The van der Waals surface area contributed by atoms with Crippen LogP contribution in [-0.2, 0) is 9.84 Å². The molecule has 0 radical (unpaired) electrons. The van der Waals surface area contributed by atoms with E-state index < -0.39 is 9.84 Å². The molecule has 2 saturated heterocycles. The van der Waals surface area contributed by atoms with Gasteiger partial charge in [-0.2, -0.15) is 0 Å². The lowest BCUT2D eigenvalue weighted by Gasteiger charge is -2.38. The zero-order chi connectivity index (χ0) is 15.3. The minimum Gasteiger partial charge on any atom is -0.307 e. The predicted molar refractivity (Wildman–Crippen MR) is 82.6 cm³/mol. The third-order valence-corrected chi connectivity index (χ3v) is 7.84. The molecule has 2 bridgehead atoms. The van der Waals surface area contributed by atoms with Crippen LogP contribution in [0.2, 0.25) is 0 Å². The van der Waals surface area contributed by atoms with Crippen molar-refractivity contribution >= 4 is 21.3 Å². The monoisotopic (exact) mass is 318 g/mol. The van der Waals surface area contributed by atoms with Crippen molar-refractivity contribution in [1.29, 1.82) is 0 Å². The number of sulfone groups is 1. The highest BCUT2D eigenvalue weighted by Gasteiger charge is 2.46. The third kappa shape index (κ3) is 2.08. The molecule has 0 N–H and O–H groups in total. The van der Waals surface area contributed by atoms with Crippen LogP contribution in [0.1, 0.15) is 42.5 Å². The molecule has 2 unspecified atom stereocenters. The van der Waals surface area contributed by atoms with E-state index in [4.69, 9.17) is 0 Å². The molecule has 0 amide bonds. The summed E-state index contributed by atoms with van der Waals surface area (Å²) in [6.45, 7) is 0. The fourth-order valence-electron chi connectivity index (χ4n) is 3.92. The van der Waals surface area contributed by atoms with Gasteiger partial charge in [0.15, 0.2) is 15.6 Å². The molecule has 2 aromatic heterocycles. The van der Waals surface area contributed by atoms with Gasteiger partial charge in [0.25, 0.3) is 0 Å². The number of aromatic nitrogens is 2. The molecule has 6 heteroatoms. The van der Waals surface area contributed by atoms with E-state index in [0.717, 1.165) is 12.1 Å². The number of pyridine rings is 1. The van der Waals surface area contributed by atoms with Gasteiger partial charge in [0.2, 0.25) is 0 Å². The van der Waals surface area contributed by atoms with E-state index in [9.17, 15) is 13.2 Å². The molecule has 22 heavy (non-hydrogen) atoms. The van der Waals surface area contributed by atoms with E-state index >= 15 is 0 Å². The molecular weight excluding hydrogens is 300 g/mol. The van der Waals surface area contributed by atoms with Crippen molar-refractivity contribution in [2.24, 2.45) is 5.92 Å². The summed E-state index contributed by atoms with van der Waals surface area (Å²) in [6, 6.07) is 3.59. The normalized spacial score (nSPS) is 30.3. The van der Waals surface area contributed by atoms with Crippen molar-refractivity contribution in [1.82, 2.24) is 9.38 Å². The van der Waals surface area contributed by atoms with Crippen molar-refractivity contribution in [3.8, 4) is 0 Å². The van der Waals surface area contributed by atoms with Crippen LogP contribution >= 0.6 is 0 Å². The fraction of sp³-hybridized carbons (Fsp3) is 0.500. The van der Waals surface area contributed by atoms with Gasteiger partial charge >= 0.3 is 0 Å². The number of Topliss-reactive ketones (excluding diaryl/α,β-unsaturated/α-hetero) is 1. The molecule has 0 aromatic carbocycles. The van der Waals surface area contributed by atoms with Crippen LogP contribution in [0, 0.1) is 5.92 Å². The Bertz CT molecular complexity index is 820. The smallest absolute Gasteiger partial charge is 0.166 e. The highest BCUT2D eigenvalue weighted by molar-refractivity contribution is 7.92. The number of fused-ring (bicyclic) bond motifs is 3. The van der Waals surface area contributed by atoms with Gasteiger partial charge in [0.05, 0.1) is 10.5 Å². The minimum atomic E-state index is -3.01. The van der Waals surface area contributed by atoms with Gasteiger partial charge in [0.1, 0.15) is 5.65 Å². The van der Waals surface area contributed by atoms with E-state index in [1.807, 2.05) is 16.8 Å². The summed E-state index contributed by atoms with van der Waals surface area (Å²) in [5, 5.41) is -0.631. The topological polar surface area (TPSA) is 68.5 Å². The predicted octanol–water partition coefficient (Wildman–Crippen LogP) is 2.26. The van der Waals surface area contributed by atoms with Gasteiger partial charge < -0.3 is 4.40 Å². The summed E-state index contributed by atoms with van der Waals surface area (Å²) in [5.74, 6) is -0.103. The maximum Gasteiger partial charge on any atom is 0.166 e. The number of ketones is 1. The number of imidazole rings is 1. The van der Waals surface area contributed by atoms with Crippen molar-refractivity contribution in [3.63, 3.8) is 0 Å². The molecule has 0 spiro atoms. The van der Waals surface area contributed by atoms with E-state index in [1.165, 1.54) is 0 Å². The summed E-state index contributed by atoms with van der Waals surface area (Å²) in [5.41, 5.74) is 1.38. The van der Waals surface area contributed by atoms with Gasteiger partial charge in [-0.25, -0.2) is 13.4 Å². The summed E-state index contributed by atoms with van der Waals surface area (Å²) >= 11 is 0. The minimum absolute atomic E-state index is 0.0669. The standard InChI is InChI=1S/C16H18N2O3S/c19-16(11-4-6-18-7-5-17-15(18)10-11)12-8-13-2-1-3-14(9-12)22(13,20)21/h4-7,10,12-14H,1-3,8-9H2. The molecule has 5 nitrogen and oxygen atoms in total. The summed E-state index contributed by atoms with van der Waals surface area (Å²) in [6.07, 6.45) is 8.71. The van der Waals surface area contributed by atoms with Crippen molar-refractivity contribution < 1.29 is 13.2 Å². The van der Waals surface area contributed by atoms with Crippen LogP contribution in [-0.4, -0.2) is 34.1 Å². The van der Waals surface area contributed by atoms with E-state index in [0.29, 0.717) is 31.2 Å². The van der Waals surface area contributed by atoms with Crippen LogP contribution in [0.25, 0.3) is 5.65 Å². The van der Waals surface area contributed by atoms with Crippen LogP contribution in [0.4, 0.5) is 0 Å². The van der Waals surface area contributed by atoms with Gasteiger partial charge in [-0.3, -0.25) is 4.79 Å². The first-order chi connectivity index (χ1) is 10.6. The van der Waals surface area contributed by atoms with Crippen LogP contribution in [0.5, 0.6) is 0 Å². The Balaban J connectivity index is 1.63. The molecule has 2 atom stereocenters. The maximum atomic E-state index is 12.8.